The highest BCUT2D eigenvalue weighted by atomic mass is 32.2. The third-order valence-electron chi connectivity index (χ3n) is 6.06. The molecule has 0 unspecified atom stereocenters. The predicted molar refractivity (Wildman–Crippen MR) is 121 cm³/mol. The van der Waals surface area contributed by atoms with Crippen LogP contribution >= 0.6 is 0 Å². The average Bonchev–Trinajstić information content (AvgIpc) is 3.45. The van der Waals surface area contributed by atoms with Crippen LogP contribution in [0.15, 0.2) is 67.1 Å². The maximum Gasteiger partial charge on any atom is 0.218 e. The molecule has 8 heteroatoms. The van der Waals surface area contributed by atoms with E-state index in [9.17, 15) is 8.42 Å². The Balaban J connectivity index is 1.23. The summed E-state index contributed by atoms with van der Waals surface area (Å²) >= 11 is 0. The average molecular weight is 436 g/mol. The highest BCUT2D eigenvalue weighted by Crippen LogP contribution is 2.27. The number of nitrogens with one attached hydrogen (secondary N) is 1. The Labute approximate surface area is 181 Å². The first-order chi connectivity index (χ1) is 15.1. The fourth-order valence-electron chi connectivity index (χ4n) is 4.31. The molecule has 3 heterocycles. The van der Waals surface area contributed by atoms with Gasteiger partial charge in [-0.15, -0.1) is 0 Å². The zero-order chi connectivity index (χ0) is 21.3. The summed E-state index contributed by atoms with van der Waals surface area (Å²) < 4.78 is 29.3. The fourth-order valence-corrected chi connectivity index (χ4v) is 5.88. The molecule has 31 heavy (non-hydrogen) atoms. The molecule has 2 aromatic carbocycles. The van der Waals surface area contributed by atoms with E-state index in [0.29, 0.717) is 19.0 Å². The van der Waals surface area contributed by atoms with E-state index in [1.54, 1.807) is 4.31 Å². The van der Waals surface area contributed by atoms with E-state index in [2.05, 4.69) is 33.5 Å². The highest BCUT2D eigenvalue weighted by molar-refractivity contribution is 7.88. The number of rotatable bonds is 6. The molecular weight excluding hydrogens is 410 g/mol. The molecule has 1 saturated heterocycles. The Hall–Kier alpha value is -2.97. The summed E-state index contributed by atoms with van der Waals surface area (Å²) in [7, 11) is -3.28. The van der Waals surface area contributed by atoms with Crippen molar-refractivity contribution >= 4 is 20.9 Å². The van der Waals surface area contributed by atoms with Gasteiger partial charge >= 0.3 is 0 Å². The summed E-state index contributed by atoms with van der Waals surface area (Å²) in [6.45, 7) is 1.95. The fraction of sp³-hybridized carbons (Fsp3) is 0.304. The molecule has 0 saturated carbocycles. The van der Waals surface area contributed by atoms with Crippen molar-refractivity contribution in [3.63, 3.8) is 0 Å². The lowest BCUT2D eigenvalue weighted by Crippen LogP contribution is -2.40. The van der Waals surface area contributed by atoms with Gasteiger partial charge in [-0.1, -0.05) is 36.4 Å². The molecule has 5 rings (SSSR count). The van der Waals surface area contributed by atoms with Crippen LogP contribution in [0.1, 0.15) is 18.4 Å². The van der Waals surface area contributed by atoms with Crippen molar-refractivity contribution < 1.29 is 8.42 Å². The topological polar surface area (TPSA) is 83.9 Å². The number of fused-ring (bicyclic) bond motifs is 1. The van der Waals surface area contributed by atoms with Crippen molar-refractivity contribution in [1.82, 2.24) is 24.3 Å². The van der Waals surface area contributed by atoms with E-state index in [-0.39, 0.29) is 5.75 Å². The van der Waals surface area contributed by atoms with Gasteiger partial charge in [0.1, 0.15) is 0 Å². The van der Waals surface area contributed by atoms with Crippen LogP contribution in [0.3, 0.4) is 0 Å². The largest absolute Gasteiger partial charge is 0.285 e. The minimum atomic E-state index is -3.28. The highest BCUT2D eigenvalue weighted by Gasteiger charge is 2.28. The Kier molecular flexibility index (Phi) is 5.33. The molecule has 1 aliphatic rings. The van der Waals surface area contributed by atoms with Crippen LogP contribution < -0.4 is 0 Å². The normalized spacial score (nSPS) is 16.1. The van der Waals surface area contributed by atoms with Crippen LogP contribution in [0.2, 0.25) is 0 Å². The summed E-state index contributed by atoms with van der Waals surface area (Å²) in [5.74, 6) is 0.487. The number of hydrogen-bond donors (Lipinski definition) is 1. The van der Waals surface area contributed by atoms with E-state index >= 15 is 0 Å². The number of aromatic nitrogens is 4. The van der Waals surface area contributed by atoms with Gasteiger partial charge in [-0.2, -0.15) is 10.2 Å². The van der Waals surface area contributed by atoms with Crippen LogP contribution in [0, 0.1) is 5.92 Å². The molecular formula is C23H25N5O2S. The molecule has 1 N–H and O–H groups in total. The third kappa shape index (κ3) is 4.26. The van der Waals surface area contributed by atoms with E-state index in [1.165, 1.54) is 0 Å². The van der Waals surface area contributed by atoms with Gasteiger partial charge in [-0.05, 0) is 42.0 Å². The van der Waals surface area contributed by atoms with Gasteiger partial charge in [0.25, 0.3) is 0 Å². The lowest BCUT2D eigenvalue weighted by molar-refractivity contribution is 0.249. The van der Waals surface area contributed by atoms with E-state index in [1.807, 2.05) is 53.6 Å². The number of piperidine rings is 1. The van der Waals surface area contributed by atoms with Gasteiger partial charge in [0, 0.05) is 36.8 Å². The van der Waals surface area contributed by atoms with Gasteiger partial charge in [-0.25, -0.2) is 12.7 Å². The quantitative estimate of drug-likeness (QED) is 0.501. The van der Waals surface area contributed by atoms with E-state index in [0.717, 1.165) is 47.0 Å². The number of nitrogens with zero attached hydrogens (tertiary/aromatic N) is 4. The van der Waals surface area contributed by atoms with Crippen molar-refractivity contribution in [3.05, 3.63) is 72.7 Å². The number of sulfonamides is 1. The smallest absolute Gasteiger partial charge is 0.218 e. The number of aromatic amines is 1. The Bertz CT molecular complexity index is 1260. The molecule has 0 amide bonds. The molecule has 7 nitrogen and oxygen atoms in total. The SMILES string of the molecule is O=S(=O)(Cc1ccccc1)N1CCC(Cn2ncc3cc(-c4cn[nH]c4)ccc32)CC1. The van der Waals surface area contributed by atoms with E-state index in [4.69, 9.17) is 0 Å². The molecule has 0 bridgehead atoms. The second-order valence-corrected chi connectivity index (χ2v) is 10.1. The molecule has 2 aromatic heterocycles. The minimum absolute atomic E-state index is 0.0707. The van der Waals surface area contributed by atoms with Gasteiger partial charge in [-0.3, -0.25) is 9.78 Å². The van der Waals surface area contributed by atoms with Crippen molar-refractivity contribution in [2.24, 2.45) is 5.92 Å². The maximum atomic E-state index is 12.8. The zero-order valence-electron chi connectivity index (χ0n) is 17.2. The molecule has 0 aliphatic carbocycles. The number of hydrogen-bond acceptors (Lipinski definition) is 4. The second kappa shape index (κ2) is 8.28. The van der Waals surface area contributed by atoms with Crippen molar-refractivity contribution in [2.75, 3.05) is 13.1 Å². The third-order valence-corrected chi connectivity index (χ3v) is 7.91. The molecule has 4 aromatic rings. The minimum Gasteiger partial charge on any atom is -0.285 e. The monoisotopic (exact) mass is 435 g/mol. The van der Waals surface area contributed by atoms with Gasteiger partial charge in [0.2, 0.25) is 10.0 Å². The molecule has 0 spiro atoms. The zero-order valence-corrected chi connectivity index (χ0v) is 18.0. The van der Waals surface area contributed by atoms with E-state index < -0.39 is 10.0 Å². The molecule has 160 valence electrons. The van der Waals surface area contributed by atoms with Crippen molar-refractivity contribution in [1.29, 1.82) is 0 Å². The van der Waals surface area contributed by atoms with Crippen LogP contribution in [-0.2, 0) is 22.3 Å². The summed E-state index contributed by atoms with van der Waals surface area (Å²) in [5, 5.41) is 12.6. The molecule has 0 atom stereocenters. The van der Waals surface area contributed by atoms with Crippen molar-refractivity contribution in [3.8, 4) is 11.1 Å². The summed E-state index contributed by atoms with van der Waals surface area (Å²) in [6, 6.07) is 15.7. The van der Waals surface area contributed by atoms with Crippen LogP contribution in [0.25, 0.3) is 22.0 Å². The Morgan fingerprint density at radius 3 is 2.55 bits per heavy atom. The number of H-pyrrole nitrogens is 1. The Morgan fingerprint density at radius 1 is 1.00 bits per heavy atom. The summed E-state index contributed by atoms with van der Waals surface area (Å²) in [4.78, 5) is 0. The standard InChI is InChI=1S/C23H25N5O2S/c29-31(30,17-19-4-2-1-3-5-19)27-10-8-18(9-11-27)16-28-23-7-6-20(12-21(23)15-26-28)22-13-24-25-14-22/h1-7,12-15,18H,8-11,16-17H2,(H,24,25). The molecule has 1 fully saturated rings. The Morgan fingerprint density at radius 2 is 1.81 bits per heavy atom. The first kappa shape index (κ1) is 20.0. The number of benzene rings is 2. The first-order valence-corrected chi connectivity index (χ1v) is 12.2. The lowest BCUT2D eigenvalue weighted by Gasteiger charge is -2.31. The molecule has 0 radical (unpaired) electrons. The van der Waals surface area contributed by atoms with Crippen LogP contribution in [0.5, 0.6) is 0 Å². The second-order valence-electron chi connectivity index (χ2n) is 8.17. The van der Waals surface area contributed by atoms with Crippen molar-refractivity contribution in [2.45, 2.75) is 25.1 Å². The predicted octanol–water partition coefficient (Wildman–Crippen LogP) is 3.67. The van der Waals surface area contributed by atoms with Crippen LogP contribution in [-0.4, -0.2) is 45.8 Å². The maximum absolute atomic E-state index is 12.8. The molecule has 1 aliphatic heterocycles. The first-order valence-electron chi connectivity index (χ1n) is 10.5. The lowest BCUT2D eigenvalue weighted by atomic mass is 9.98. The summed E-state index contributed by atoms with van der Waals surface area (Å²) in [5.41, 5.74) is 4.10. The van der Waals surface area contributed by atoms with Crippen LogP contribution in [0.4, 0.5) is 0 Å². The van der Waals surface area contributed by atoms with Gasteiger partial charge in [0.05, 0.1) is 23.7 Å². The van der Waals surface area contributed by atoms with Gasteiger partial charge in [0.15, 0.2) is 0 Å². The van der Waals surface area contributed by atoms with Gasteiger partial charge < -0.3 is 0 Å². The summed E-state index contributed by atoms with van der Waals surface area (Å²) in [6.07, 6.45) is 7.29.